The molecule has 3 aromatic carbocycles. The highest BCUT2D eigenvalue weighted by atomic mass is 32.2. The van der Waals surface area contributed by atoms with Gasteiger partial charge in [-0.1, -0.05) is 18.2 Å². The molecular weight excluding hydrogens is 559 g/mol. The highest BCUT2D eigenvalue weighted by Gasteiger charge is 2.38. The molecule has 39 heavy (non-hydrogen) atoms. The molecule has 0 fully saturated rings. The average Bonchev–Trinajstić information content (AvgIpc) is 2.85. The van der Waals surface area contributed by atoms with Gasteiger partial charge in [-0.15, -0.1) is 0 Å². The molecule has 0 saturated heterocycles. The number of alkyl halides is 6. The Morgan fingerprint density at radius 2 is 1.62 bits per heavy atom. The largest absolute Gasteiger partial charge is 0.486 e. The molecule has 0 spiro atoms. The molecule has 0 amide bonds. The molecule has 6 nitrogen and oxygen atoms in total. The number of carbonyl (C=O) groups is 1. The van der Waals surface area contributed by atoms with E-state index >= 15 is 0 Å². The van der Waals surface area contributed by atoms with E-state index in [0.29, 0.717) is 24.3 Å². The Labute approximate surface area is 217 Å². The zero-order chi connectivity index (χ0) is 28.8. The number of hydrogen-bond donors (Lipinski definition) is 1. The van der Waals surface area contributed by atoms with Crippen LogP contribution in [0.25, 0.3) is 11.1 Å². The molecule has 1 heterocycles. The summed E-state index contributed by atoms with van der Waals surface area (Å²) in [5.41, 5.74) is -3.04. The lowest BCUT2D eigenvalue weighted by molar-refractivity contribution is -0.140. The summed E-state index contributed by atoms with van der Waals surface area (Å²) in [6, 6.07) is 8.87. The quantitative estimate of drug-likeness (QED) is 0.345. The van der Waals surface area contributed by atoms with Crippen LogP contribution in [0.15, 0.2) is 65.6 Å². The maximum Gasteiger partial charge on any atom is 0.419 e. The Morgan fingerprint density at radius 1 is 0.949 bits per heavy atom. The van der Waals surface area contributed by atoms with Gasteiger partial charge in [0.2, 0.25) is 0 Å². The van der Waals surface area contributed by atoms with Crippen molar-refractivity contribution >= 4 is 21.7 Å². The number of carboxylic acids is 1. The number of benzene rings is 3. The highest BCUT2D eigenvalue weighted by molar-refractivity contribution is 7.92. The molecule has 1 aliphatic heterocycles. The Bertz CT molecular complexity index is 1520. The van der Waals surface area contributed by atoms with Gasteiger partial charge in [-0.25, -0.2) is 12.8 Å². The summed E-state index contributed by atoms with van der Waals surface area (Å²) in [6.45, 7) is -0.487. The molecular formula is C25H18F7NO5S. The fraction of sp³-hybridized carbons (Fsp3) is 0.240. The third-order valence-corrected chi connectivity index (χ3v) is 7.70. The van der Waals surface area contributed by atoms with Gasteiger partial charge in [0.1, 0.15) is 17.7 Å². The number of rotatable bonds is 6. The number of ether oxygens (including phenoxy) is 1. The molecule has 0 bridgehead atoms. The van der Waals surface area contributed by atoms with Gasteiger partial charge >= 0.3 is 18.3 Å². The van der Waals surface area contributed by atoms with Crippen molar-refractivity contribution in [1.82, 2.24) is 0 Å². The van der Waals surface area contributed by atoms with E-state index in [2.05, 4.69) is 0 Å². The number of hydrogen-bond acceptors (Lipinski definition) is 4. The second kappa shape index (κ2) is 10.1. The molecule has 1 aliphatic rings. The number of sulfonamides is 1. The van der Waals surface area contributed by atoms with Crippen molar-refractivity contribution in [3.8, 4) is 16.9 Å². The van der Waals surface area contributed by atoms with Crippen LogP contribution in [0.1, 0.15) is 24.0 Å². The summed E-state index contributed by atoms with van der Waals surface area (Å²) in [4.78, 5) is 10.3. The highest BCUT2D eigenvalue weighted by Crippen LogP contribution is 2.42. The van der Waals surface area contributed by atoms with Gasteiger partial charge in [-0.05, 0) is 60.0 Å². The molecule has 208 valence electrons. The number of carboxylic acid groups (broad SMARTS) is 1. The number of fused-ring (bicyclic) bond motifs is 1. The van der Waals surface area contributed by atoms with Crippen LogP contribution in [0.2, 0.25) is 0 Å². The van der Waals surface area contributed by atoms with E-state index in [1.807, 2.05) is 0 Å². The Kier molecular flexibility index (Phi) is 7.27. The average molecular weight is 577 g/mol. The second-order valence-electron chi connectivity index (χ2n) is 8.61. The van der Waals surface area contributed by atoms with Gasteiger partial charge in [-0.2, -0.15) is 26.3 Å². The van der Waals surface area contributed by atoms with Gasteiger partial charge in [0.15, 0.2) is 0 Å². The molecule has 0 radical (unpaired) electrons. The van der Waals surface area contributed by atoms with Crippen LogP contribution in [0.4, 0.5) is 36.4 Å². The fourth-order valence-corrected chi connectivity index (χ4v) is 5.58. The third kappa shape index (κ3) is 5.95. The standard InChI is InChI=1S/C25H18F7NO5S/c26-20-7-4-14(10-19(20)25(30,31)32)15-5-8-22-21(11-15)33(13-17(38-22)6-9-23(34)35)39(36,37)18-3-1-2-16(12-18)24(27,28)29/h1-5,7-8,10-12,17H,6,9,13H2,(H,34,35)/t17-/m0/s1. The summed E-state index contributed by atoms with van der Waals surface area (Å²) in [6.07, 6.45) is -11.4. The number of aliphatic carboxylic acids is 1. The zero-order valence-corrected chi connectivity index (χ0v) is 20.4. The minimum Gasteiger partial charge on any atom is -0.486 e. The molecule has 1 N–H and O–H groups in total. The van der Waals surface area contributed by atoms with Gasteiger partial charge < -0.3 is 9.84 Å². The van der Waals surface area contributed by atoms with E-state index in [-0.39, 0.29) is 29.0 Å². The molecule has 14 heteroatoms. The van der Waals surface area contributed by atoms with Crippen molar-refractivity contribution in [2.75, 3.05) is 10.8 Å². The topological polar surface area (TPSA) is 83.9 Å². The Morgan fingerprint density at radius 3 is 2.26 bits per heavy atom. The fourth-order valence-electron chi connectivity index (χ4n) is 4.04. The van der Waals surface area contributed by atoms with E-state index in [1.165, 1.54) is 12.1 Å². The van der Waals surface area contributed by atoms with E-state index in [9.17, 15) is 43.9 Å². The molecule has 0 aliphatic carbocycles. The Hall–Kier alpha value is -3.81. The summed E-state index contributed by atoms with van der Waals surface area (Å²) in [7, 11) is -4.70. The van der Waals surface area contributed by atoms with Crippen molar-refractivity contribution in [3.63, 3.8) is 0 Å². The van der Waals surface area contributed by atoms with Crippen LogP contribution in [0, 0.1) is 5.82 Å². The first kappa shape index (κ1) is 28.2. The van der Waals surface area contributed by atoms with E-state index in [1.54, 1.807) is 0 Å². The molecule has 3 aromatic rings. The van der Waals surface area contributed by atoms with E-state index in [0.717, 1.165) is 28.6 Å². The van der Waals surface area contributed by atoms with Crippen LogP contribution in [-0.2, 0) is 27.2 Å². The van der Waals surface area contributed by atoms with Crippen LogP contribution < -0.4 is 9.04 Å². The van der Waals surface area contributed by atoms with Gasteiger partial charge in [-0.3, -0.25) is 9.10 Å². The second-order valence-corrected chi connectivity index (χ2v) is 10.5. The lowest BCUT2D eigenvalue weighted by Crippen LogP contribution is -2.43. The normalized spacial score (nSPS) is 16.0. The molecule has 0 saturated carbocycles. The van der Waals surface area contributed by atoms with Crippen molar-refractivity contribution in [2.45, 2.75) is 36.2 Å². The van der Waals surface area contributed by atoms with Crippen LogP contribution in [0.3, 0.4) is 0 Å². The van der Waals surface area contributed by atoms with Crippen molar-refractivity contribution in [3.05, 3.63) is 77.6 Å². The van der Waals surface area contributed by atoms with Crippen LogP contribution >= 0.6 is 0 Å². The lowest BCUT2D eigenvalue weighted by atomic mass is 10.0. The molecule has 0 aromatic heterocycles. The van der Waals surface area contributed by atoms with E-state index < -0.39 is 69.3 Å². The van der Waals surface area contributed by atoms with Crippen molar-refractivity contribution < 1.29 is 53.8 Å². The first-order valence-electron chi connectivity index (χ1n) is 11.2. The number of halogens is 7. The summed E-state index contributed by atoms with van der Waals surface area (Å²) in [5, 5.41) is 9.01. The minimum absolute atomic E-state index is 0.0380. The number of nitrogens with zero attached hydrogens (tertiary/aromatic N) is 1. The maximum absolute atomic E-state index is 13.8. The number of anilines is 1. The summed E-state index contributed by atoms with van der Waals surface area (Å²) in [5.74, 6) is -2.79. The predicted molar refractivity (Wildman–Crippen MR) is 124 cm³/mol. The first-order valence-corrected chi connectivity index (χ1v) is 12.6. The monoisotopic (exact) mass is 577 g/mol. The summed E-state index contributed by atoms with van der Waals surface area (Å²) < 4.78 is 127. The smallest absolute Gasteiger partial charge is 0.419 e. The van der Waals surface area contributed by atoms with Gasteiger partial charge in [0.05, 0.1) is 28.3 Å². The minimum atomic E-state index is -5.01. The Balaban J connectivity index is 1.83. The van der Waals surface area contributed by atoms with Crippen LogP contribution in [-0.4, -0.2) is 32.1 Å². The SMILES string of the molecule is O=C(O)CC[C@H]1CN(S(=O)(=O)c2cccc(C(F)(F)F)c2)c2cc(-c3ccc(F)c(C(F)(F)F)c3)ccc2O1. The maximum atomic E-state index is 13.8. The van der Waals surface area contributed by atoms with Gasteiger partial charge in [0, 0.05) is 6.42 Å². The van der Waals surface area contributed by atoms with Gasteiger partial charge in [0.25, 0.3) is 10.0 Å². The first-order chi connectivity index (χ1) is 18.1. The molecule has 1 atom stereocenters. The molecule has 4 rings (SSSR count). The predicted octanol–water partition coefficient (Wildman–Crippen LogP) is 6.35. The zero-order valence-electron chi connectivity index (χ0n) is 19.6. The molecule has 0 unspecified atom stereocenters. The third-order valence-electron chi connectivity index (χ3n) is 5.93. The van der Waals surface area contributed by atoms with Crippen LogP contribution in [0.5, 0.6) is 5.75 Å². The van der Waals surface area contributed by atoms with Crippen molar-refractivity contribution in [2.24, 2.45) is 0 Å². The van der Waals surface area contributed by atoms with Crippen molar-refractivity contribution in [1.29, 1.82) is 0 Å². The summed E-state index contributed by atoms with van der Waals surface area (Å²) >= 11 is 0. The van der Waals surface area contributed by atoms with E-state index in [4.69, 9.17) is 9.84 Å². The lowest BCUT2D eigenvalue weighted by Gasteiger charge is -2.36.